The topological polar surface area (TPSA) is 54.8 Å². The van der Waals surface area contributed by atoms with Gasteiger partial charge in [-0.05, 0) is 18.2 Å². The Balaban J connectivity index is 2.33. The highest BCUT2D eigenvalue weighted by molar-refractivity contribution is 6.36. The van der Waals surface area contributed by atoms with Crippen LogP contribution in [0.1, 0.15) is 21.6 Å². The lowest BCUT2D eigenvalue weighted by atomic mass is 10.1. The minimum atomic E-state index is -4.66. The number of aromatic nitrogens is 1. The van der Waals surface area contributed by atoms with Gasteiger partial charge in [0, 0.05) is 13.2 Å². The predicted molar refractivity (Wildman–Crippen MR) is 96.2 cm³/mol. The maximum atomic E-state index is 13.2. The second-order valence-electron chi connectivity index (χ2n) is 5.41. The average Bonchev–Trinajstić information content (AvgIpc) is 2.60. The van der Waals surface area contributed by atoms with E-state index in [1.807, 2.05) is 0 Å². The molecule has 1 amide bonds. The molecule has 27 heavy (non-hydrogen) atoms. The molecule has 0 atom stereocenters. The van der Waals surface area contributed by atoms with Crippen molar-refractivity contribution in [3.8, 4) is 0 Å². The summed E-state index contributed by atoms with van der Waals surface area (Å²) in [4.78, 5) is 22.4. The number of nitrogens with zero attached hydrogens (tertiary/aromatic N) is 3. The second-order valence-corrected chi connectivity index (χ2v) is 6.25. The van der Waals surface area contributed by atoms with Gasteiger partial charge in [-0.2, -0.15) is 13.2 Å². The molecule has 2 aromatic rings. The standard InChI is InChI=1S/C17H14Cl2F3N3O2/c1-25(16(26)11-5-3-4-6-12(11)17(20,21)22)9-14(24-27-2)15-13(19)7-10(18)8-23-15/h3-8H,9H2,1-2H3. The third kappa shape index (κ3) is 5.11. The van der Waals surface area contributed by atoms with Crippen LogP contribution in [-0.4, -0.2) is 42.2 Å². The number of hydrogen-bond acceptors (Lipinski definition) is 4. The van der Waals surface area contributed by atoms with E-state index in [1.165, 1.54) is 38.6 Å². The van der Waals surface area contributed by atoms with E-state index in [1.54, 1.807) is 0 Å². The number of amides is 1. The zero-order valence-electron chi connectivity index (χ0n) is 14.2. The lowest BCUT2D eigenvalue weighted by Gasteiger charge is -2.20. The molecule has 0 aliphatic heterocycles. The van der Waals surface area contributed by atoms with Crippen molar-refractivity contribution >= 4 is 34.8 Å². The van der Waals surface area contributed by atoms with E-state index in [-0.39, 0.29) is 23.0 Å². The fraction of sp³-hybridized carbons (Fsp3) is 0.235. The van der Waals surface area contributed by atoms with E-state index >= 15 is 0 Å². The molecule has 0 fully saturated rings. The van der Waals surface area contributed by atoms with E-state index in [9.17, 15) is 18.0 Å². The van der Waals surface area contributed by atoms with Gasteiger partial charge in [-0.15, -0.1) is 0 Å². The number of halogens is 5. The summed E-state index contributed by atoms with van der Waals surface area (Å²) in [5.74, 6) is -0.836. The lowest BCUT2D eigenvalue weighted by Crippen LogP contribution is -2.34. The second kappa shape index (κ2) is 8.58. The van der Waals surface area contributed by atoms with Crippen molar-refractivity contribution in [2.24, 2.45) is 5.16 Å². The highest BCUT2D eigenvalue weighted by Gasteiger charge is 2.35. The van der Waals surface area contributed by atoms with E-state index in [4.69, 9.17) is 28.0 Å². The summed E-state index contributed by atoms with van der Waals surface area (Å²) >= 11 is 11.9. The van der Waals surface area contributed by atoms with Gasteiger partial charge in [0.25, 0.3) is 5.91 Å². The van der Waals surface area contributed by atoms with Crippen LogP contribution in [-0.2, 0) is 11.0 Å². The molecule has 0 bridgehead atoms. The first-order valence-electron chi connectivity index (χ1n) is 7.48. The molecule has 1 aromatic heterocycles. The van der Waals surface area contributed by atoms with Crippen molar-refractivity contribution < 1.29 is 22.8 Å². The van der Waals surface area contributed by atoms with Gasteiger partial charge in [-0.1, -0.05) is 40.5 Å². The van der Waals surface area contributed by atoms with E-state index < -0.39 is 23.2 Å². The summed E-state index contributed by atoms with van der Waals surface area (Å²) in [6.45, 7) is -0.187. The number of benzene rings is 1. The summed E-state index contributed by atoms with van der Waals surface area (Å²) in [7, 11) is 2.62. The molecule has 0 saturated carbocycles. The number of carbonyl (C=O) groups is 1. The lowest BCUT2D eigenvalue weighted by molar-refractivity contribution is -0.138. The minimum Gasteiger partial charge on any atom is -0.399 e. The molecule has 0 spiro atoms. The Kier molecular flexibility index (Phi) is 6.67. The maximum absolute atomic E-state index is 13.2. The number of rotatable bonds is 5. The first kappa shape index (κ1) is 21.0. The van der Waals surface area contributed by atoms with E-state index in [2.05, 4.69) is 10.1 Å². The molecule has 0 aliphatic carbocycles. The van der Waals surface area contributed by atoms with Crippen molar-refractivity contribution in [3.63, 3.8) is 0 Å². The molecule has 1 aromatic carbocycles. The number of hydrogen-bond donors (Lipinski definition) is 0. The molecule has 5 nitrogen and oxygen atoms in total. The SMILES string of the molecule is CON=C(CN(C)C(=O)c1ccccc1C(F)(F)F)c1ncc(Cl)cc1Cl. The van der Waals surface area contributed by atoms with E-state index in [0.29, 0.717) is 5.02 Å². The summed E-state index contributed by atoms with van der Waals surface area (Å²) < 4.78 is 39.5. The van der Waals surface area contributed by atoms with Crippen molar-refractivity contribution in [1.29, 1.82) is 0 Å². The van der Waals surface area contributed by atoms with Crippen LogP contribution in [0.25, 0.3) is 0 Å². The predicted octanol–water partition coefficient (Wildman–Crippen LogP) is 4.53. The molecular formula is C17H14Cl2F3N3O2. The van der Waals surface area contributed by atoms with Crippen LogP contribution in [0.2, 0.25) is 10.0 Å². The fourth-order valence-electron chi connectivity index (χ4n) is 2.30. The van der Waals surface area contributed by atoms with Crippen LogP contribution in [0.15, 0.2) is 41.7 Å². The normalized spacial score (nSPS) is 12.0. The number of oxime groups is 1. The van der Waals surface area contributed by atoms with Gasteiger partial charge in [0.1, 0.15) is 18.5 Å². The van der Waals surface area contributed by atoms with Gasteiger partial charge in [0.05, 0.1) is 27.7 Å². The van der Waals surface area contributed by atoms with Gasteiger partial charge in [0.15, 0.2) is 0 Å². The summed E-state index contributed by atoms with van der Waals surface area (Å²) in [6, 6.07) is 5.97. The number of alkyl halides is 3. The first-order chi connectivity index (χ1) is 12.6. The van der Waals surface area contributed by atoms with Gasteiger partial charge in [0.2, 0.25) is 0 Å². The molecule has 0 saturated heterocycles. The zero-order valence-corrected chi connectivity index (χ0v) is 15.7. The highest BCUT2D eigenvalue weighted by Crippen LogP contribution is 2.32. The van der Waals surface area contributed by atoms with E-state index in [0.717, 1.165) is 17.0 Å². The molecule has 2 rings (SSSR count). The Morgan fingerprint density at radius 1 is 1.30 bits per heavy atom. The summed E-state index contributed by atoms with van der Waals surface area (Å²) in [5, 5.41) is 4.24. The molecule has 0 aliphatic rings. The number of pyridine rings is 1. The van der Waals surface area contributed by atoms with Crippen molar-refractivity contribution in [2.75, 3.05) is 20.7 Å². The number of carbonyl (C=O) groups excluding carboxylic acids is 1. The third-order valence-electron chi connectivity index (χ3n) is 3.48. The summed E-state index contributed by atoms with van der Waals surface area (Å²) in [5.41, 5.74) is -1.14. The minimum absolute atomic E-state index is 0.152. The Morgan fingerprint density at radius 3 is 2.56 bits per heavy atom. The summed E-state index contributed by atoms with van der Waals surface area (Å²) in [6.07, 6.45) is -3.33. The largest absolute Gasteiger partial charge is 0.417 e. The van der Waals surface area contributed by atoms with Gasteiger partial charge in [-0.25, -0.2) is 0 Å². The van der Waals surface area contributed by atoms with Crippen LogP contribution in [0, 0.1) is 0 Å². The Hall–Kier alpha value is -2.32. The van der Waals surface area contributed by atoms with Gasteiger partial charge < -0.3 is 9.74 Å². The number of likely N-dealkylation sites (N-methyl/N-ethyl adjacent to an activating group) is 1. The quantitative estimate of drug-likeness (QED) is 0.528. The van der Waals surface area contributed by atoms with Crippen LogP contribution in [0.3, 0.4) is 0 Å². The molecule has 10 heteroatoms. The van der Waals surface area contributed by atoms with Crippen LogP contribution in [0.4, 0.5) is 13.2 Å². The molecule has 0 unspecified atom stereocenters. The average molecular weight is 420 g/mol. The monoisotopic (exact) mass is 419 g/mol. The molecule has 144 valence electrons. The van der Waals surface area contributed by atoms with Crippen LogP contribution in [0.5, 0.6) is 0 Å². The van der Waals surface area contributed by atoms with Crippen molar-refractivity contribution in [1.82, 2.24) is 9.88 Å². The Labute approximate surface area is 163 Å². The van der Waals surface area contributed by atoms with Crippen LogP contribution >= 0.6 is 23.2 Å². The fourth-order valence-corrected chi connectivity index (χ4v) is 2.79. The molecule has 0 radical (unpaired) electrons. The smallest absolute Gasteiger partial charge is 0.399 e. The molecular weight excluding hydrogens is 406 g/mol. The van der Waals surface area contributed by atoms with Crippen molar-refractivity contribution in [2.45, 2.75) is 6.18 Å². The Morgan fingerprint density at radius 2 is 1.96 bits per heavy atom. The van der Waals surface area contributed by atoms with Crippen LogP contribution < -0.4 is 0 Å². The first-order valence-corrected chi connectivity index (χ1v) is 8.24. The van der Waals surface area contributed by atoms with Gasteiger partial charge in [-0.3, -0.25) is 9.78 Å². The van der Waals surface area contributed by atoms with Gasteiger partial charge >= 0.3 is 6.18 Å². The third-order valence-corrected chi connectivity index (χ3v) is 3.97. The molecule has 1 heterocycles. The van der Waals surface area contributed by atoms with Crippen molar-refractivity contribution in [3.05, 3.63) is 63.4 Å². The molecule has 0 N–H and O–H groups in total. The maximum Gasteiger partial charge on any atom is 0.417 e. The Bertz CT molecular complexity index is 873. The highest BCUT2D eigenvalue weighted by atomic mass is 35.5. The zero-order chi connectivity index (χ0) is 20.2.